The van der Waals surface area contributed by atoms with Crippen LogP contribution < -0.4 is 5.32 Å². The molecule has 0 unspecified atom stereocenters. The van der Waals surface area contributed by atoms with Crippen LogP contribution in [0.1, 0.15) is 34.1 Å². The summed E-state index contributed by atoms with van der Waals surface area (Å²) in [5.74, 6) is 0.410. The van der Waals surface area contributed by atoms with Crippen molar-refractivity contribution in [3.8, 4) is 16.6 Å². The first-order valence-electron chi connectivity index (χ1n) is 9.46. The summed E-state index contributed by atoms with van der Waals surface area (Å²) in [5.41, 5.74) is 4.35. The molecule has 4 aromatic rings. The minimum absolute atomic E-state index is 0.299. The maximum atomic E-state index is 12.5. The number of amides is 1. The molecule has 0 bridgehead atoms. The van der Waals surface area contributed by atoms with E-state index < -0.39 is 0 Å². The van der Waals surface area contributed by atoms with Gasteiger partial charge in [0.15, 0.2) is 4.34 Å². The fraction of sp³-hybridized carbons (Fsp3) is 0.136. The highest BCUT2D eigenvalue weighted by molar-refractivity contribution is 8.00. The molecule has 0 aliphatic heterocycles. The molecule has 1 amide bonds. The van der Waals surface area contributed by atoms with Crippen molar-refractivity contribution >= 4 is 45.5 Å². The van der Waals surface area contributed by atoms with Gasteiger partial charge in [-0.1, -0.05) is 66.4 Å². The van der Waals surface area contributed by atoms with Gasteiger partial charge in [0.2, 0.25) is 5.13 Å². The molecule has 0 aliphatic rings. The van der Waals surface area contributed by atoms with Crippen molar-refractivity contribution in [3.05, 3.63) is 76.3 Å². The predicted octanol–water partition coefficient (Wildman–Crippen LogP) is 5.64. The molecular formula is C22H17N5OS3. The highest BCUT2D eigenvalue weighted by atomic mass is 32.2. The van der Waals surface area contributed by atoms with Crippen LogP contribution in [-0.2, 0) is 12.2 Å². The van der Waals surface area contributed by atoms with Crippen LogP contribution in [0.3, 0.4) is 0 Å². The molecule has 2 heterocycles. The molecule has 0 atom stereocenters. The quantitative estimate of drug-likeness (QED) is 0.282. The van der Waals surface area contributed by atoms with E-state index in [2.05, 4.69) is 45.6 Å². The molecule has 0 saturated carbocycles. The highest BCUT2D eigenvalue weighted by Crippen LogP contribution is 2.29. The Morgan fingerprint density at radius 2 is 1.84 bits per heavy atom. The summed E-state index contributed by atoms with van der Waals surface area (Å²) in [6.07, 6.45) is 0.988. The summed E-state index contributed by atoms with van der Waals surface area (Å²) in [5, 5.41) is 22.8. The number of carbonyl (C=O) groups is 1. The number of nitrogens with zero attached hydrogens (tertiary/aromatic N) is 4. The Balaban J connectivity index is 1.35. The molecule has 0 fully saturated rings. The van der Waals surface area contributed by atoms with Crippen LogP contribution in [0.15, 0.2) is 58.3 Å². The van der Waals surface area contributed by atoms with Gasteiger partial charge in [-0.3, -0.25) is 10.1 Å². The second-order valence-corrected chi connectivity index (χ2v) is 9.57. The molecular weight excluding hydrogens is 446 g/mol. The van der Waals surface area contributed by atoms with Crippen LogP contribution in [0, 0.1) is 11.3 Å². The molecule has 0 radical (unpaired) electrons. The third-order valence-electron chi connectivity index (χ3n) is 4.42. The zero-order chi connectivity index (χ0) is 21.6. The minimum Gasteiger partial charge on any atom is -0.295 e. The normalized spacial score (nSPS) is 10.6. The van der Waals surface area contributed by atoms with Crippen molar-refractivity contribution in [1.29, 1.82) is 5.26 Å². The zero-order valence-electron chi connectivity index (χ0n) is 16.5. The van der Waals surface area contributed by atoms with Gasteiger partial charge in [0.1, 0.15) is 10.7 Å². The molecule has 154 valence electrons. The van der Waals surface area contributed by atoms with Gasteiger partial charge in [0.05, 0.1) is 11.6 Å². The molecule has 31 heavy (non-hydrogen) atoms. The summed E-state index contributed by atoms with van der Waals surface area (Å²) >= 11 is 4.29. The van der Waals surface area contributed by atoms with Crippen molar-refractivity contribution < 1.29 is 4.79 Å². The Morgan fingerprint density at radius 3 is 2.55 bits per heavy atom. The van der Waals surface area contributed by atoms with Crippen molar-refractivity contribution in [2.45, 2.75) is 23.4 Å². The number of thioether (sulfide) groups is 1. The van der Waals surface area contributed by atoms with Crippen molar-refractivity contribution in [2.24, 2.45) is 0 Å². The third kappa shape index (κ3) is 5.35. The van der Waals surface area contributed by atoms with E-state index in [0.717, 1.165) is 26.9 Å². The molecule has 1 N–H and O–H groups in total. The number of nitrogens with one attached hydrogen (secondary N) is 1. The number of aromatic nitrogens is 3. The van der Waals surface area contributed by atoms with Crippen LogP contribution in [0.4, 0.5) is 5.13 Å². The second-order valence-electron chi connectivity index (χ2n) is 6.51. The predicted molar refractivity (Wildman–Crippen MR) is 126 cm³/mol. The minimum atomic E-state index is -0.299. The summed E-state index contributed by atoms with van der Waals surface area (Å²) in [6, 6.07) is 17.8. The van der Waals surface area contributed by atoms with Gasteiger partial charge in [0, 0.05) is 16.7 Å². The van der Waals surface area contributed by atoms with E-state index in [0.29, 0.717) is 22.1 Å². The zero-order valence-corrected chi connectivity index (χ0v) is 19.0. The van der Waals surface area contributed by atoms with Gasteiger partial charge in [-0.15, -0.1) is 21.5 Å². The van der Waals surface area contributed by atoms with Gasteiger partial charge in [-0.05, 0) is 29.7 Å². The van der Waals surface area contributed by atoms with Crippen LogP contribution >= 0.6 is 34.4 Å². The van der Waals surface area contributed by atoms with E-state index in [4.69, 9.17) is 5.26 Å². The Kier molecular flexibility index (Phi) is 6.72. The number of carbonyl (C=O) groups excluding carboxylic acids is 1. The maximum Gasteiger partial charge on any atom is 0.276 e. The number of benzene rings is 2. The number of hydrogen-bond acceptors (Lipinski definition) is 8. The molecule has 0 spiro atoms. The first kappa shape index (κ1) is 21.2. The Bertz CT molecular complexity index is 1220. The highest BCUT2D eigenvalue weighted by Gasteiger charge is 2.15. The molecule has 4 rings (SSSR count). The lowest BCUT2D eigenvalue weighted by Gasteiger charge is -1.99. The van der Waals surface area contributed by atoms with Crippen LogP contribution in [-0.4, -0.2) is 21.1 Å². The number of rotatable bonds is 7. The largest absolute Gasteiger partial charge is 0.295 e. The van der Waals surface area contributed by atoms with Gasteiger partial charge in [-0.2, -0.15) is 5.26 Å². The van der Waals surface area contributed by atoms with Crippen molar-refractivity contribution in [3.63, 3.8) is 0 Å². The first-order chi connectivity index (χ1) is 15.1. The Morgan fingerprint density at radius 1 is 1.10 bits per heavy atom. The molecule has 9 heteroatoms. The van der Waals surface area contributed by atoms with Crippen LogP contribution in [0.5, 0.6) is 0 Å². The molecule has 0 aliphatic carbocycles. The topological polar surface area (TPSA) is 91.6 Å². The van der Waals surface area contributed by atoms with Gasteiger partial charge < -0.3 is 0 Å². The van der Waals surface area contributed by atoms with E-state index in [-0.39, 0.29) is 5.91 Å². The first-order valence-corrected chi connectivity index (χ1v) is 12.1. The van der Waals surface area contributed by atoms with Crippen molar-refractivity contribution in [2.75, 3.05) is 5.32 Å². The summed E-state index contributed by atoms with van der Waals surface area (Å²) in [4.78, 5) is 17.0. The number of nitriles is 1. The molecule has 0 saturated heterocycles. The van der Waals surface area contributed by atoms with E-state index in [1.165, 1.54) is 40.0 Å². The maximum absolute atomic E-state index is 12.5. The van der Waals surface area contributed by atoms with E-state index in [9.17, 15) is 4.79 Å². The lowest BCUT2D eigenvalue weighted by Crippen LogP contribution is -2.12. The Labute approximate surface area is 192 Å². The number of hydrogen-bond donors (Lipinski definition) is 1. The average molecular weight is 464 g/mol. The summed E-state index contributed by atoms with van der Waals surface area (Å²) < 4.78 is 0.759. The summed E-state index contributed by atoms with van der Waals surface area (Å²) in [7, 11) is 0. The SMILES string of the molecule is CCc1ccc(-c2nc(C(=O)Nc3nnc(SCc4ccc(C#N)cc4)s3)cs2)cc1. The number of anilines is 1. The van der Waals surface area contributed by atoms with Crippen LogP contribution in [0.25, 0.3) is 10.6 Å². The number of thiazole rings is 1. The Hall–Kier alpha value is -3.06. The van der Waals surface area contributed by atoms with Gasteiger partial charge >= 0.3 is 0 Å². The molecule has 6 nitrogen and oxygen atoms in total. The van der Waals surface area contributed by atoms with E-state index in [1.807, 2.05) is 24.3 Å². The summed E-state index contributed by atoms with van der Waals surface area (Å²) in [6.45, 7) is 2.12. The standard InChI is InChI=1S/C22H17N5OS3/c1-2-14-7-9-17(10-8-14)20-24-18(13-29-20)19(28)25-21-26-27-22(31-21)30-12-16-5-3-15(11-23)4-6-16/h3-10,13H,2,12H2,1H3,(H,25,26,28). The lowest BCUT2D eigenvalue weighted by atomic mass is 10.1. The van der Waals surface area contributed by atoms with Crippen LogP contribution in [0.2, 0.25) is 0 Å². The second kappa shape index (κ2) is 9.83. The fourth-order valence-corrected chi connectivity index (χ4v) is 5.20. The lowest BCUT2D eigenvalue weighted by molar-refractivity contribution is 0.102. The third-order valence-corrected chi connectivity index (χ3v) is 7.35. The van der Waals surface area contributed by atoms with E-state index >= 15 is 0 Å². The smallest absolute Gasteiger partial charge is 0.276 e. The van der Waals surface area contributed by atoms with Crippen molar-refractivity contribution in [1.82, 2.24) is 15.2 Å². The average Bonchev–Trinajstić information content (AvgIpc) is 3.48. The van der Waals surface area contributed by atoms with Gasteiger partial charge in [-0.25, -0.2) is 4.98 Å². The van der Waals surface area contributed by atoms with E-state index in [1.54, 1.807) is 17.5 Å². The monoisotopic (exact) mass is 463 g/mol. The molecule has 2 aromatic heterocycles. The molecule has 2 aromatic carbocycles. The fourth-order valence-electron chi connectivity index (χ4n) is 2.69. The number of aryl methyl sites for hydroxylation is 1. The van der Waals surface area contributed by atoms with Gasteiger partial charge in [0.25, 0.3) is 5.91 Å².